The van der Waals surface area contributed by atoms with Crippen molar-refractivity contribution in [3.05, 3.63) is 56.7 Å². The molecule has 0 aliphatic carbocycles. The first-order valence-electron chi connectivity index (χ1n) is 6.98. The smallest absolute Gasteiger partial charge is 0.225 e. The van der Waals surface area contributed by atoms with Gasteiger partial charge in [0.15, 0.2) is 0 Å². The second kappa shape index (κ2) is 9.52. The van der Waals surface area contributed by atoms with Gasteiger partial charge in [-0.15, -0.1) is 0 Å². The predicted octanol–water partition coefficient (Wildman–Crippen LogP) is 5.46. The van der Waals surface area contributed by atoms with E-state index in [4.69, 9.17) is 23.2 Å². The molecule has 1 amide bonds. The number of hydrogen-bond acceptors (Lipinski definition) is 3. The molecule has 0 aliphatic rings. The Morgan fingerprint density at radius 1 is 1.22 bits per heavy atom. The highest BCUT2D eigenvalue weighted by Gasteiger charge is 2.11. The maximum absolute atomic E-state index is 12.0. The number of hydrogen-bond donors (Lipinski definition) is 1. The van der Waals surface area contributed by atoms with Crippen LogP contribution >= 0.6 is 50.9 Å². The van der Waals surface area contributed by atoms with Crippen molar-refractivity contribution in [1.29, 1.82) is 0 Å². The zero-order chi connectivity index (χ0) is 16.7. The van der Waals surface area contributed by atoms with Crippen LogP contribution in [0, 0.1) is 0 Å². The van der Waals surface area contributed by atoms with Crippen LogP contribution in [0.2, 0.25) is 10.0 Å². The topological polar surface area (TPSA) is 42.0 Å². The van der Waals surface area contributed by atoms with Crippen LogP contribution < -0.4 is 5.32 Å². The Morgan fingerprint density at radius 2 is 1.96 bits per heavy atom. The van der Waals surface area contributed by atoms with Gasteiger partial charge >= 0.3 is 0 Å². The van der Waals surface area contributed by atoms with E-state index in [0.29, 0.717) is 22.2 Å². The van der Waals surface area contributed by atoms with Crippen molar-refractivity contribution in [2.24, 2.45) is 0 Å². The molecule has 0 saturated carbocycles. The minimum absolute atomic E-state index is 0.0959. The fourth-order valence-corrected chi connectivity index (χ4v) is 4.04. The predicted molar refractivity (Wildman–Crippen MR) is 103 cm³/mol. The summed E-state index contributed by atoms with van der Waals surface area (Å²) in [5.74, 6) is 1.58. The number of nitrogens with one attached hydrogen (secondary N) is 1. The van der Waals surface area contributed by atoms with Crippen LogP contribution in [0.4, 0.5) is 5.69 Å². The van der Waals surface area contributed by atoms with Crippen LogP contribution in [0.3, 0.4) is 0 Å². The molecule has 1 aromatic heterocycles. The van der Waals surface area contributed by atoms with Crippen molar-refractivity contribution < 1.29 is 4.79 Å². The molecule has 0 atom stereocenters. The Morgan fingerprint density at radius 3 is 2.61 bits per heavy atom. The Labute approximate surface area is 158 Å². The third-order valence-corrected chi connectivity index (χ3v) is 5.01. The number of benzene rings is 1. The summed E-state index contributed by atoms with van der Waals surface area (Å²) in [4.78, 5) is 16.2. The maximum atomic E-state index is 12.0. The van der Waals surface area contributed by atoms with Gasteiger partial charge in [-0.05, 0) is 36.4 Å². The van der Waals surface area contributed by atoms with Crippen LogP contribution in [-0.4, -0.2) is 22.4 Å². The average Bonchev–Trinajstić information content (AvgIpc) is 2.51. The molecule has 1 aromatic carbocycles. The number of halogens is 3. The summed E-state index contributed by atoms with van der Waals surface area (Å²) in [5.41, 5.74) is 1.53. The van der Waals surface area contributed by atoms with Gasteiger partial charge in [-0.25, -0.2) is 0 Å². The van der Waals surface area contributed by atoms with Crippen LogP contribution in [0.5, 0.6) is 0 Å². The summed E-state index contributed by atoms with van der Waals surface area (Å²) >= 11 is 17.2. The minimum Gasteiger partial charge on any atom is -0.324 e. The number of aromatic nitrogens is 1. The van der Waals surface area contributed by atoms with Gasteiger partial charge in [-0.3, -0.25) is 9.78 Å². The first kappa shape index (κ1) is 18.6. The highest BCUT2D eigenvalue weighted by Crippen LogP contribution is 2.33. The lowest BCUT2D eigenvalue weighted by molar-refractivity contribution is -0.115. The van der Waals surface area contributed by atoms with E-state index in [1.54, 1.807) is 30.1 Å². The van der Waals surface area contributed by atoms with Gasteiger partial charge in [0.2, 0.25) is 5.91 Å². The standard InChI is InChI=1S/C16H15BrCl2N2OS/c17-11-9-13(18)16(14(19)10-11)21-15(22)5-8-23-7-4-12-3-1-2-6-20-12/h1-3,6,9-10H,4-5,7-8H2,(H,21,22). The number of amides is 1. The molecule has 1 N–H and O–H groups in total. The number of carbonyl (C=O) groups excluding carboxylic acids is 1. The molecule has 0 fully saturated rings. The molecule has 0 spiro atoms. The first-order chi connectivity index (χ1) is 11.1. The largest absolute Gasteiger partial charge is 0.324 e. The number of carbonyl (C=O) groups is 1. The number of pyridine rings is 1. The van der Waals surface area contributed by atoms with Crippen molar-refractivity contribution in [2.75, 3.05) is 16.8 Å². The molecule has 0 saturated heterocycles. The van der Waals surface area contributed by atoms with Crippen molar-refractivity contribution in [1.82, 2.24) is 4.98 Å². The van der Waals surface area contributed by atoms with Crippen molar-refractivity contribution in [3.8, 4) is 0 Å². The lowest BCUT2D eigenvalue weighted by atomic mass is 10.3. The summed E-state index contributed by atoms with van der Waals surface area (Å²) in [6.45, 7) is 0. The molecule has 0 aliphatic heterocycles. The highest BCUT2D eigenvalue weighted by atomic mass is 79.9. The summed E-state index contributed by atoms with van der Waals surface area (Å²) in [7, 11) is 0. The average molecular weight is 434 g/mol. The number of rotatable bonds is 7. The Hall–Kier alpha value is -0.750. The van der Waals surface area contributed by atoms with Gasteiger partial charge in [-0.1, -0.05) is 45.2 Å². The molecule has 0 unspecified atom stereocenters. The second-order valence-corrected chi connectivity index (χ2v) is 7.68. The molecule has 0 radical (unpaired) electrons. The zero-order valence-electron chi connectivity index (χ0n) is 12.2. The van der Waals surface area contributed by atoms with E-state index in [1.807, 2.05) is 18.2 Å². The van der Waals surface area contributed by atoms with E-state index in [1.165, 1.54) is 0 Å². The first-order valence-corrected chi connectivity index (χ1v) is 9.68. The van der Waals surface area contributed by atoms with E-state index < -0.39 is 0 Å². The van der Waals surface area contributed by atoms with Gasteiger partial charge in [0.05, 0.1) is 15.7 Å². The minimum atomic E-state index is -0.0959. The number of thioether (sulfide) groups is 1. The Kier molecular flexibility index (Phi) is 7.70. The lowest BCUT2D eigenvalue weighted by Gasteiger charge is -2.10. The third kappa shape index (κ3) is 6.34. The number of anilines is 1. The summed E-state index contributed by atoms with van der Waals surface area (Å²) in [6, 6.07) is 9.28. The highest BCUT2D eigenvalue weighted by molar-refractivity contribution is 9.10. The normalized spacial score (nSPS) is 10.6. The zero-order valence-corrected chi connectivity index (χ0v) is 16.1. The molecule has 2 rings (SSSR count). The summed E-state index contributed by atoms with van der Waals surface area (Å²) < 4.78 is 0.774. The fraction of sp³-hybridized carbons (Fsp3) is 0.250. The van der Waals surface area contributed by atoms with Gasteiger partial charge in [0.1, 0.15) is 0 Å². The SMILES string of the molecule is O=C(CCSCCc1ccccn1)Nc1c(Cl)cc(Br)cc1Cl. The second-order valence-electron chi connectivity index (χ2n) is 4.73. The van der Waals surface area contributed by atoms with E-state index >= 15 is 0 Å². The van der Waals surface area contributed by atoms with Crippen molar-refractivity contribution in [2.45, 2.75) is 12.8 Å². The molecule has 0 bridgehead atoms. The van der Waals surface area contributed by atoms with Crippen molar-refractivity contribution >= 4 is 62.5 Å². The van der Waals surface area contributed by atoms with Crippen LogP contribution in [0.1, 0.15) is 12.1 Å². The summed E-state index contributed by atoms with van der Waals surface area (Å²) in [5, 5.41) is 3.60. The molecular weight excluding hydrogens is 419 g/mol. The van der Waals surface area contributed by atoms with Gasteiger partial charge in [0.25, 0.3) is 0 Å². The van der Waals surface area contributed by atoms with E-state index in [-0.39, 0.29) is 5.91 Å². The Bertz CT molecular complexity index is 647. The number of aryl methyl sites for hydroxylation is 1. The number of nitrogens with zero attached hydrogens (tertiary/aromatic N) is 1. The van der Waals surface area contributed by atoms with Gasteiger partial charge in [-0.2, -0.15) is 11.8 Å². The molecule has 7 heteroatoms. The lowest BCUT2D eigenvalue weighted by Crippen LogP contribution is -2.13. The fourth-order valence-electron chi connectivity index (χ4n) is 1.85. The molecule has 1 heterocycles. The Balaban J connectivity index is 1.71. The van der Waals surface area contributed by atoms with Gasteiger partial charge in [0, 0.05) is 28.5 Å². The van der Waals surface area contributed by atoms with Crippen molar-refractivity contribution in [3.63, 3.8) is 0 Å². The quantitative estimate of drug-likeness (QED) is 0.589. The van der Waals surface area contributed by atoms with Crippen LogP contribution in [0.15, 0.2) is 41.0 Å². The molecule has 122 valence electrons. The monoisotopic (exact) mass is 432 g/mol. The molecular formula is C16H15BrCl2N2OS. The van der Waals surface area contributed by atoms with Crippen LogP contribution in [-0.2, 0) is 11.2 Å². The summed E-state index contributed by atoms with van der Waals surface area (Å²) in [6.07, 6.45) is 3.10. The maximum Gasteiger partial charge on any atom is 0.225 e. The molecule has 23 heavy (non-hydrogen) atoms. The molecule has 2 aromatic rings. The third-order valence-electron chi connectivity index (χ3n) is 2.97. The van der Waals surface area contributed by atoms with E-state index in [9.17, 15) is 4.79 Å². The molecule has 3 nitrogen and oxygen atoms in total. The van der Waals surface area contributed by atoms with Gasteiger partial charge < -0.3 is 5.32 Å². The van der Waals surface area contributed by atoms with E-state index in [0.717, 1.165) is 28.1 Å². The van der Waals surface area contributed by atoms with Crippen LogP contribution in [0.25, 0.3) is 0 Å². The van der Waals surface area contributed by atoms with E-state index in [2.05, 4.69) is 26.2 Å².